The van der Waals surface area contributed by atoms with E-state index in [-0.39, 0.29) is 11.6 Å². The summed E-state index contributed by atoms with van der Waals surface area (Å²) in [5.74, 6) is -0.200. The molecule has 0 atom stereocenters. The molecule has 0 spiro atoms. The fraction of sp³-hybridized carbons (Fsp3) is 0. The van der Waals surface area contributed by atoms with Crippen molar-refractivity contribution >= 4 is 26.3 Å². The van der Waals surface area contributed by atoms with E-state index in [9.17, 15) is 13.2 Å². The van der Waals surface area contributed by atoms with Crippen LogP contribution in [0.3, 0.4) is 0 Å². The maximum absolute atomic E-state index is 12.0. The first-order valence-corrected chi connectivity index (χ1v) is 7.46. The molecule has 21 heavy (non-hydrogen) atoms. The van der Waals surface area contributed by atoms with Gasteiger partial charge in [0.2, 0.25) is 0 Å². The molecule has 3 rings (SSSR count). The predicted octanol–water partition coefficient (Wildman–Crippen LogP) is 2.11. The lowest BCUT2D eigenvalue weighted by Crippen LogP contribution is -2.22. The van der Waals surface area contributed by atoms with Crippen molar-refractivity contribution < 1.29 is 17.4 Å². The van der Waals surface area contributed by atoms with Crippen LogP contribution in [0.15, 0.2) is 54.6 Å². The van der Waals surface area contributed by atoms with Crippen LogP contribution in [0.2, 0.25) is 0 Å². The van der Waals surface area contributed by atoms with E-state index in [0.717, 1.165) is 0 Å². The Morgan fingerprint density at radius 2 is 1.67 bits per heavy atom. The molecule has 0 saturated heterocycles. The van der Waals surface area contributed by atoms with Crippen molar-refractivity contribution in [2.45, 2.75) is 0 Å². The highest BCUT2D eigenvalue weighted by molar-refractivity contribution is 8.02. The van der Waals surface area contributed by atoms with Gasteiger partial charge in [0.25, 0.3) is 0 Å². The average molecular weight is 302 g/mol. The molecule has 1 N–H and O–H groups in total. The molecule has 0 fully saturated rings. The van der Waals surface area contributed by atoms with E-state index in [1.165, 1.54) is 12.1 Å². The van der Waals surface area contributed by atoms with Crippen molar-refractivity contribution in [3.63, 3.8) is 0 Å². The second-order valence-corrected chi connectivity index (χ2v) is 5.69. The Balaban J connectivity index is 1.93. The number of H-pyrrole nitrogens is 1. The second kappa shape index (κ2) is 5.02. The molecule has 0 radical (unpaired) electrons. The van der Waals surface area contributed by atoms with Crippen molar-refractivity contribution in [1.29, 1.82) is 0 Å². The maximum Gasteiger partial charge on any atom is 0.381 e. The predicted molar refractivity (Wildman–Crippen MR) is 76.4 cm³/mol. The molecule has 1 heterocycles. The van der Waals surface area contributed by atoms with Crippen molar-refractivity contribution in [3.05, 3.63) is 60.4 Å². The van der Waals surface area contributed by atoms with Crippen LogP contribution in [0, 0.1) is 0 Å². The zero-order chi connectivity index (χ0) is 14.9. The van der Waals surface area contributed by atoms with Gasteiger partial charge in [-0.1, -0.05) is 30.3 Å². The molecule has 7 heteroatoms. The summed E-state index contributed by atoms with van der Waals surface area (Å²) in [7, 11) is -4.45. The van der Waals surface area contributed by atoms with E-state index in [2.05, 4.69) is 9.97 Å². The Morgan fingerprint density at radius 3 is 2.38 bits per heavy atom. The zero-order valence-corrected chi connectivity index (χ0v) is 11.5. The first-order valence-electron chi connectivity index (χ1n) is 6.05. The third-order valence-electron chi connectivity index (χ3n) is 2.76. The van der Waals surface area contributed by atoms with E-state index in [0.29, 0.717) is 11.0 Å². The summed E-state index contributed by atoms with van der Waals surface area (Å²) in [6.07, 6.45) is 0. The number of benzene rings is 2. The zero-order valence-electron chi connectivity index (χ0n) is 10.7. The first kappa shape index (κ1) is 13.3. The van der Waals surface area contributed by atoms with Crippen LogP contribution in [0.4, 0.5) is 0 Å². The fourth-order valence-corrected chi connectivity index (χ4v) is 2.58. The lowest BCUT2D eigenvalue weighted by atomic mass is 10.3. The molecule has 2 aromatic carbocycles. The number of aromatic amines is 1. The van der Waals surface area contributed by atoms with Crippen LogP contribution < -0.4 is 4.18 Å². The van der Waals surface area contributed by atoms with Crippen molar-refractivity contribution in [3.8, 4) is 5.75 Å². The Labute approximate surface area is 120 Å². The SMILES string of the molecule is O=C(c1nc2ccccc2[nH]1)S(=O)(=O)Oc1ccccc1. The molecule has 6 nitrogen and oxygen atoms in total. The molecule has 0 aliphatic heterocycles. The summed E-state index contributed by atoms with van der Waals surface area (Å²) in [4.78, 5) is 18.7. The summed E-state index contributed by atoms with van der Waals surface area (Å²) < 4.78 is 28.7. The molecule has 0 amide bonds. The lowest BCUT2D eigenvalue weighted by molar-refractivity contribution is 0.105. The van der Waals surface area contributed by atoms with Gasteiger partial charge in [-0.15, -0.1) is 0 Å². The number of nitrogens with zero attached hydrogens (tertiary/aromatic N) is 1. The third-order valence-corrected chi connectivity index (χ3v) is 3.82. The van der Waals surface area contributed by atoms with Gasteiger partial charge < -0.3 is 9.17 Å². The maximum atomic E-state index is 12.0. The number of fused-ring (bicyclic) bond motifs is 1. The Kier molecular flexibility index (Phi) is 3.19. The fourth-order valence-electron chi connectivity index (χ4n) is 1.81. The molecule has 3 aromatic rings. The van der Waals surface area contributed by atoms with E-state index >= 15 is 0 Å². The third kappa shape index (κ3) is 2.63. The van der Waals surface area contributed by atoms with Gasteiger partial charge in [0.1, 0.15) is 5.75 Å². The largest absolute Gasteiger partial charge is 0.381 e. The van der Waals surface area contributed by atoms with E-state index in [1.54, 1.807) is 42.5 Å². The quantitative estimate of drug-likeness (QED) is 0.748. The molecular formula is C14H10N2O4S. The van der Waals surface area contributed by atoms with Crippen LogP contribution in [-0.4, -0.2) is 23.5 Å². The lowest BCUT2D eigenvalue weighted by Gasteiger charge is -2.03. The highest BCUT2D eigenvalue weighted by Crippen LogP contribution is 2.16. The number of para-hydroxylation sites is 3. The number of hydrogen-bond acceptors (Lipinski definition) is 5. The highest BCUT2D eigenvalue weighted by Gasteiger charge is 2.29. The number of rotatable bonds is 3. The number of imidazole rings is 1. The molecule has 0 bridgehead atoms. The van der Waals surface area contributed by atoms with Gasteiger partial charge in [0.15, 0.2) is 5.82 Å². The van der Waals surface area contributed by atoms with Crippen molar-refractivity contribution in [2.75, 3.05) is 0 Å². The van der Waals surface area contributed by atoms with Gasteiger partial charge in [-0.2, -0.15) is 8.42 Å². The van der Waals surface area contributed by atoms with Crippen LogP contribution >= 0.6 is 0 Å². The smallest absolute Gasteiger partial charge is 0.377 e. The number of hydrogen-bond donors (Lipinski definition) is 1. The van der Waals surface area contributed by atoms with Gasteiger partial charge in [-0.3, -0.25) is 4.79 Å². The summed E-state index contributed by atoms with van der Waals surface area (Å²) in [6.45, 7) is 0. The van der Waals surface area contributed by atoms with Gasteiger partial charge in [-0.05, 0) is 24.3 Å². The Bertz CT molecular complexity index is 868. The molecule has 0 unspecified atom stereocenters. The summed E-state index contributed by atoms with van der Waals surface area (Å²) in [5, 5.41) is -1.21. The standard InChI is InChI=1S/C14H10N2O4S/c17-14(13-15-11-8-4-5-9-12(11)16-13)21(18,19)20-10-6-2-1-3-7-10/h1-9H,(H,15,16). The molecule has 106 valence electrons. The molecular weight excluding hydrogens is 292 g/mol. The molecule has 0 aliphatic rings. The Morgan fingerprint density at radius 1 is 1.00 bits per heavy atom. The van der Waals surface area contributed by atoms with Gasteiger partial charge >= 0.3 is 15.2 Å². The van der Waals surface area contributed by atoms with Crippen molar-refractivity contribution in [2.24, 2.45) is 0 Å². The van der Waals surface area contributed by atoms with E-state index in [1.807, 2.05) is 0 Å². The minimum Gasteiger partial charge on any atom is -0.377 e. The van der Waals surface area contributed by atoms with Gasteiger partial charge in [0, 0.05) is 0 Å². The van der Waals surface area contributed by atoms with E-state index < -0.39 is 15.2 Å². The van der Waals surface area contributed by atoms with E-state index in [4.69, 9.17) is 4.18 Å². The molecule has 0 aliphatic carbocycles. The minimum atomic E-state index is -4.45. The Hall–Kier alpha value is -2.67. The summed E-state index contributed by atoms with van der Waals surface area (Å²) in [5.41, 5.74) is 1.09. The molecule has 0 saturated carbocycles. The number of carbonyl (C=O) groups is 1. The van der Waals surface area contributed by atoms with Crippen molar-refractivity contribution in [1.82, 2.24) is 9.97 Å². The van der Waals surface area contributed by atoms with Crippen LogP contribution in [0.5, 0.6) is 5.75 Å². The summed E-state index contributed by atoms with van der Waals surface area (Å²) in [6, 6.07) is 14.7. The molecule has 1 aromatic heterocycles. The topological polar surface area (TPSA) is 89.1 Å². The number of nitrogens with one attached hydrogen (secondary N) is 1. The first-order chi connectivity index (χ1) is 10.1. The normalized spacial score (nSPS) is 11.4. The van der Waals surface area contributed by atoms with Gasteiger partial charge in [0.05, 0.1) is 11.0 Å². The number of aromatic nitrogens is 2. The second-order valence-electron chi connectivity index (χ2n) is 4.24. The number of carbonyl (C=O) groups excluding carboxylic acids is 1. The van der Waals surface area contributed by atoms with Gasteiger partial charge in [-0.25, -0.2) is 4.98 Å². The van der Waals surface area contributed by atoms with Crippen LogP contribution in [0.25, 0.3) is 11.0 Å². The minimum absolute atomic E-state index is 0.0713. The monoisotopic (exact) mass is 302 g/mol. The summed E-state index contributed by atoms with van der Waals surface area (Å²) >= 11 is 0. The van der Waals surface area contributed by atoms with Crippen LogP contribution in [0.1, 0.15) is 10.6 Å². The average Bonchev–Trinajstić information content (AvgIpc) is 2.90. The van der Waals surface area contributed by atoms with Crippen LogP contribution in [-0.2, 0) is 10.1 Å². The highest BCUT2D eigenvalue weighted by atomic mass is 32.2.